The van der Waals surface area contributed by atoms with Gasteiger partial charge in [-0.2, -0.15) is 0 Å². The van der Waals surface area contributed by atoms with Crippen molar-refractivity contribution in [3.05, 3.63) is 0 Å². The summed E-state index contributed by atoms with van der Waals surface area (Å²) in [5, 5.41) is 74.6. The molecule has 0 saturated carbocycles. The van der Waals surface area contributed by atoms with Crippen LogP contribution in [0.3, 0.4) is 0 Å². The molecular formula is C37H63NO23. The van der Waals surface area contributed by atoms with Gasteiger partial charge < -0.3 is 108 Å². The van der Waals surface area contributed by atoms with Crippen LogP contribution in [0.15, 0.2) is 0 Å². The first-order valence-electron chi connectivity index (χ1n) is 20.1. The Hall–Kier alpha value is -1.86. The van der Waals surface area contributed by atoms with Crippen LogP contribution in [0.4, 0.5) is 0 Å². The summed E-state index contributed by atoms with van der Waals surface area (Å²) in [7, 11) is 3.89. The van der Waals surface area contributed by atoms with Gasteiger partial charge in [0.05, 0.1) is 38.1 Å². The molecule has 5 saturated heterocycles. The molecular weight excluding hydrogens is 826 g/mol. The lowest BCUT2D eigenvalue weighted by molar-refractivity contribution is -0.406. The molecule has 0 spiro atoms. The molecule has 5 heterocycles. The van der Waals surface area contributed by atoms with Gasteiger partial charge in [-0.05, 0) is 11.8 Å². The molecule has 354 valence electrons. The number of ether oxygens (including phenoxy) is 14. The van der Waals surface area contributed by atoms with Crippen LogP contribution in [-0.4, -0.2) is 219 Å². The van der Waals surface area contributed by atoms with Crippen LogP contribution in [0, 0.1) is 23.7 Å². The molecule has 5 aliphatic heterocycles. The van der Waals surface area contributed by atoms with Gasteiger partial charge in [-0.25, -0.2) is 0 Å². The van der Waals surface area contributed by atoms with E-state index < -0.39 is 154 Å². The Bertz CT molecular complexity index is 1350. The molecule has 61 heavy (non-hydrogen) atoms. The highest BCUT2D eigenvalue weighted by atomic mass is 16.8. The summed E-state index contributed by atoms with van der Waals surface area (Å²) in [6.45, 7) is 5.56. The van der Waals surface area contributed by atoms with E-state index in [1.165, 1.54) is 21.3 Å². The third-order valence-electron chi connectivity index (χ3n) is 12.4. The average molecular weight is 890 g/mol. The summed E-state index contributed by atoms with van der Waals surface area (Å²) in [4.78, 5) is 23.4. The van der Waals surface area contributed by atoms with Crippen LogP contribution in [0.5, 0.6) is 0 Å². The minimum atomic E-state index is -1.91. The molecule has 5 rings (SSSR count). The van der Waals surface area contributed by atoms with Crippen molar-refractivity contribution in [2.45, 2.75) is 157 Å². The van der Waals surface area contributed by atoms with Gasteiger partial charge in [-0.3, -0.25) is 9.59 Å². The largest absolute Gasteiger partial charge is 0.435 e. The van der Waals surface area contributed by atoms with Crippen molar-refractivity contribution in [2.75, 3.05) is 41.2 Å². The zero-order valence-corrected chi connectivity index (χ0v) is 34.9. The predicted octanol–water partition coefficient (Wildman–Crippen LogP) is -4.62. The molecule has 9 N–H and O–H groups in total. The summed E-state index contributed by atoms with van der Waals surface area (Å²) in [6.07, 6.45) is -27.4. The average Bonchev–Trinajstić information content (AvgIpc) is 3.25. The first-order chi connectivity index (χ1) is 29.1. The van der Waals surface area contributed by atoms with Gasteiger partial charge in [0.15, 0.2) is 31.5 Å². The Morgan fingerprint density at radius 3 is 1.43 bits per heavy atom. The predicted molar refractivity (Wildman–Crippen MR) is 196 cm³/mol. The van der Waals surface area contributed by atoms with Gasteiger partial charge >= 0.3 is 0 Å². The summed E-state index contributed by atoms with van der Waals surface area (Å²) in [6, 6.07) is -0.629. The topological polar surface area (TPSA) is 331 Å². The van der Waals surface area contributed by atoms with Gasteiger partial charge in [0, 0.05) is 33.2 Å². The van der Waals surface area contributed by atoms with E-state index in [-0.39, 0.29) is 31.4 Å². The van der Waals surface area contributed by atoms with Gasteiger partial charge in [0.1, 0.15) is 67.1 Å². The fourth-order valence-electron chi connectivity index (χ4n) is 8.53. The summed E-state index contributed by atoms with van der Waals surface area (Å²) >= 11 is 0. The van der Waals surface area contributed by atoms with E-state index in [1.54, 1.807) is 13.8 Å². The number of hydrogen-bond acceptors (Lipinski definition) is 24. The lowest BCUT2D eigenvalue weighted by atomic mass is 9.82. The minimum absolute atomic E-state index is 0.0498. The van der Waals surface area contributed by atoms with Crippen molar-refractivity contribution >= 4 is 12.9 Å². The zero-order valence-electron chi connectivity index (χ0n) is 34.9. The first kappa shape index (κ1) is 50.1. The molecule has 5 aliphatic rings. The number of carbonyl (C=O) groups excluding carboxylic acids is 2. The quantitative estimate of drug-likeness (QED) is 0.0600. The molecule has 0 aromatic heterocycles. The SMILES string of the molecule is COC1[C@H](O[C@H]2C(O)C(O)[C@@H](O[C@H]3C(OC)C(C)[C@@H](O[C@H]4C(CO)O[C@@H](OC)C(O)[C@H]4O)O[C@H]3OC=O)O[C@@H]2CO)OC(OC=O)[C@H](O[C@@H]2OC(CO)[C@H](C)[C@H](C)C2N)[C@@H]1C. The van der Waals surface area contributed by atoms with E-state index in [1.807, 2.05) is 13.8 Å². The Morgan fingerprint density at radius 2 is 0.902 bits per heavy atom. The number of methoxy groups -OCH3 is 3. The molecule has 5 fully saturated rings. The molecule has 0 bridgehead atoms. The van der Waals surface area contributed by atoms with Crippen molar-refractivity contribution in [1.29, 1.82) is 0 Å². The molecule has 10 unspecified atom stereocenters. The van der Waals surface area contributed by atoms with Gasteiger partial charge in [0.25, 0.3) is 12.9 Å². The second kappa shape index (κ2) is 22.4. The Labute approximate surface area is 352 Å². The molecule has 0 amide bonds. The number of nitrogens with two attached hydrogens (primary N) is 1. The van der Waals surface area contributed by atoms with E-state index in [9.17, 15) is 45.3 Å². The Morgan fingerprint density at radius 1 is 0.443 bits per heavy atom. The smallest absolute Gasteiger partial charge is 0.295 e. The maximum Gasteiger partial charge on any atom is 0.295 e. The van der Waals surface area contributed by atoms with Crippen LogP contribution in [-0.2, 0) is 75.9 Å². The van der Waals surface area contributed by atoms with E-state index >= 15 is 0 Å². The van der Waals surface area contributed by atoms with Crippen LogP contribution < -0.4 is 5.73 Å². The number of rotatable bonds is 18. The number of hydrogen-bond donors (Lipinski definition) is 8. The van der Waals surface area contributed by atoms with Crippen LogP contribution >= 0.6 is 0 Å². The summed E-state index contributed by atoms with van der Waals surface area (Å²) in [5.41, 5.74) is 6.46. The summed E-state index contributed by atoms with van der Waals surface area (Å²) < 4.78 is 80.7. The third-order valence-corrected chi connectivity index (χ3v) is 12.4. The third kappa shape index (κ3) is 10.5. The monoisotopic (exact) mass is 889 g/mol. The van der Waals surface area contributed by atoms with Crippen molar-refractivity contribution < 1.29 is 112 Å². The van der Waals surface area contributed by atoms with E-state index in [2.05, 4.69) is 0 Å². The van der Waals surface area contributed by atoms with E-state index in [0.717, 1.165) is 0 Å². The van der Waals surface area contributed by atoms with Crippen molar-refractivity contribution in [3.8, 4) is 0 Å². The lowest BCUT2D eigenvalue weighted by Gasteiger charge is -2.50. The standard InChI is InChI=1S/C37H63NO23/c1-13-14(2)20(38)32(53-17(13)8-39)56-27-15(3)26(49-6)37(61-35(27)51-11-42)58-29-19(10-41)55-34(24(47)22(29)45)59-30-25(48-5)16(4)31(60-36(30)52-12-43)57-28-18(9-40)54-33(50-7)23(46)21(28)44/h11-37,39-41,44-47H,8-10,38H2,1-7H3/t13-,14+,15-,16?,17?,18?,19-,20?,21-,22?,23?,24?,25?,26?,27-,28+,29-,30+,31+,32+,33-,34-,35?,36-,37-/m1/s1. The van der Waals surface area contributed by atoms with Crippen molar-refractivity contribution in [1.82, 2.24) is 0 Å². The maximum absolute atomic E-state index is 11.7. The van der Waals surface area contributed by atoms with Crippen molar-refractivity contribution in [3.63, 3.8) is 0 Å². The highest BCUT2D eigenvalue weighted by molar-refractivity contribution is 5.37. The molecule has 24 heteroatoms. The normalized spacial score (nSPS) is 49.5. The van der Waals surface area contributed by atoms with Crippen LogP contribution in [0.1, 0.15) is 27.7 Å². The van der Waals surface area contributed by atoms with E-state index in [4.69, 9.17) is 72.0 Å². The van der Waals surface area contributed by atoms with Gasteiger partial charge in [-0.15, -0.1) is 0 Å². The molecule has 0 aromatic rings. The zero-order chi connectivity index (χ0) is 44.9. The Kier molecular flexibility index (Phi) is 18.4. The highest BCUT2D eigenvalue weighted by Gasteiger charge is 2.56. The minimum Gasteiger partial charge on any atom is -0.435 e. The molecule has 0 aliphatic carbocycles. The van der Waals surface area contributed by atoms with Gasteiger partial charge in [0.2, 0.25) is 12.6 Å². The van der Waals surface area contributed by atoms with Crippen LogP contribution in [0.2, 0.25) is 0 Å². The number of aliphatic hydroxyl groups excluding tert-OH is 7. The van der Waals surface area contributed by atoms with Crippen LogP contribution in [0.25, 0.3) is 0 Å². The number of carbonyl (C=O) groups is 2. The maximum atomic E-state index is 11.7. The fraction of sp³-hybridized carbons (Fsp3) is 0.946. The fourth-order valence-corrected chi connectivity index (χ4v) is 8.53. The molecule has 24 nitrogen and oxygen atoms in total. The Balaban J connectivity index is 1.29. The molecule has 0 radical (unpaired) electrons. The molecule has 0 aromatic carbocycles. The lowest BCUT2D eigenvalue weighted by Crippen LogP contribution is -2.66. The summed E-state index contributed by atoms with van der Waals surface area (Å²) in [5.74, 6) is -1.72. The highest BCUT2D eigenvalue weighted by Crippen LogP contribution is 2.40. The number of aliphatic hydroxyl groups is 7. The van der Waals surface area contributed by atoms with Gasteiger partial charge in [-0.1, -0.05) is 27.7 Å². The second-order valence-corrected chi connectivity index (χ2v) is 15.9. The van der Waals surface area contributed by atoms with Crippen molar-refractivity contribution in [2.24, 2.45) is 29.4 Å². The van der Waals surface area contributed by atoms with E-state index in [0.29, 0.717) is 0 Å². The molecule has 25 atom stereocenters. The first-order valence-corrected chi connectivity index (χ1v) is 20.1. The second-order valence-electron chi connectivity index (χ2n) is 15.9.